The van der Waals surface area contributed by atoms with Crippen LogP contribution in [0, 0.1) is 5.92 Å². The molecule has 1 saturated carbocycles. The molecule has 1 aliphatic carbocycles. The van der Waals surface area contributed by atoms with Crippen LogP contribution in [0.15, 0.2) is 18.3 Å². The quantitative estimate of drug-likeness (QED) is 0.868. The van der Waals surface area contributed by atoms with Crippen molar-refractivity contribution in [3.05, 3.63) is 24.0 Å². The Balaban J connectivity index is 1.82. The average molecular weight is 248 g/mol. The number of nitrogens with zero attached hydrogens (tertiary/aromatic N) is 1. The maximum absolute atomic E-state index is 5.83. The minimum absolute atomic E-state index is 0.289. The van der Waals surface area contributed by atoms with Crippen molar-refractivity contribution in [2.75, 3.05) is 13.7 Å². The Kier molecular flexibility index (Phi) is 5.00. The monoisotopic (exact) mass is 248 g/mol. The van der Waals surface area contributed by atoms with Gasteiger partial charge in [-0.05, 0) is 44.9 Å². The molecule has 100 valence electrons. The predicted octanol–water partition coefficient (Wildman–Crippen LogP) is 3.32. The van der Waals surface area contributed by atoms with Crippen LogP contribution in [0.1, 0.15) is 50.8 Å². The fraction of sp³-hybridized carbons (Fsp3) is 0.667. The number of rotatable bonds is 5. The highest BCUT2D eigenvalue weighted by molar-refractivity contribution is 5.21. The van der Waals surface area contributed by atoms with Crippen LogP contribution in [0.4, 0.5) is 0 Å². The van der Waals surface area contributed by atoms with Crippen LogP contribution in [0.2, 0.25) is 0 Å². The first kappa shape index (κ1) is 13.3. The molecule has 0 bridgehead atoms. The summed E-state index contributed by atoms with van der Waals surface area (Å²) in [6.07, 6.45) is 8.61. The van der Waals surface area contributed by atoms with Crippen LogP contribution >= 0.6 is 0 Å². The largest absolute Gasteiger partial charge is 0.492 e. The second-order valence-electron chi connectivity index (χ2n) is 5.24. The Morgan fingerprint density at radius 1 is 1.33 bits per heavy atom. The Bertz CT molecular complexity index is 344. The van der Waals surface area contributed by atoms with E-state index < -0.39 is 0 Å². The van der Waals surface area contributed by atoms with E-state index in [0.29, 0.717) is 0 Å². The number of nitrogens with one attached hydrogen (secondary N) is 1. The zero-order valence-electron chi connectivity index (χ0n) is 11.5. The topological polar surface area (TPSA) is 34.1 Å². The summed E-state index contributed by atoms with van der Waals surface area (Å²) in [5.74, 6) is 1.64. The van der Waals surface area contributed by atoms with Crippen LogP contribution in [-0.2, 0) is 0 Å². The second-order valence-corrected chi connectivity index (χ2v) is 5.24. The van der Waals surface area contributed by atoms with E-state index in [2.05, 4.69) is 17.2 Å². The maximum atomic E-state index is 5.83. The summed E-state index contributed by atoms with van der Waals surface area (Å²) in [7, 11) is 1.94. The van der Waals surface area contributed by atoms with E-state index in [1.54, 1.807) is 0 Å². The molecular formula is C15H24N2O. The summed E-state index contributed by atoms with van der Waals surface area (Å²) in [4.78, 5) is 4.43. The van der Waals surface area contributed by atoms with Gasteiger partial charge in [-0.1, -0.05) is 19.3 Å². The zero-order valence-corrected chi connectivity index (χ0v) is 11.5. The van der Waals surface area contributed by atoms with Crippen molar-refractivity contribution >= 4 is 0 Å². The Hall–Kier alpha value is -1.09. The van der Waals surface area contributed by atoms with Crippen molar-refractivity contribution in [1.29, 1.82) is 0 Å². The first-order chi connectivity index (χ1) is 8.79. The van der Waals surface area contributed by atoms with Crippen LogP contribution in [0.5, 0.6) is 5.75 Å². The highest BCUT2D eigenvalue weighted by Gasteiger charge is 2.14. The van der Waals surface area contributed by atoms with Crippen molar-refractivity contribution in [2.24, 2.45) is 5.92 Å². The Labute approximate surface area is 110 Å². The van der Waals surface area contributed by atoms with Crippen LogP contribution in [-0.4, -0.2) is 18.6 Å². The molecular weight excluding hydrogens is 224 g/mol. The average Bonchev–Trinajstić information content (AvgIpc) is 2.46. The second kappa shape index (κ2) is 6.74. The molecule has 3 nitrogen and oxygen atoms in total. The summed E-state index contributed by atoms with van der Waals surface area (Å²) >= 11 is 0. The van der Waals surface area contributed by atoms with Crippen molar-refractivity contribution in [1.82, 2.24) is 10.3 Å². The molecule has 1 heterocycles. The third kappa shape index (κ3) is 3.70. The van der Waals surface area contributed by atoms with Gasteiger partial charge in [0.1, 0.15) is 5.75 Å². The lowest BCUT2D eigenvalue weighted by atomic mass is 9.90. The normalized spacial score (nSPS) is 18.6. The molecule has 0 aromatic carbocycles. The van der Waals surface area contributed by atoms with Crippen LogP contribution < -0.4 is 10.1 Å². The van der Waals surface area contributed by atoms with Gasteiger partial charge in [-0.25, -0.2) is 0 Å². The first-order valence-electron chi connectivity index (χ1n) is 7.05. The Morgan fingerprint density at radius 3 is 2.72 bits per heavy atom. The van der Waals surface area contributed by atoms with Gasteiger partial charge >= 0.3 is 0 Å². The smallest absolute Gasteiger partial charge is 0.137 e. The fourth-order valence-electron chi connectivity index (χ4n) is 2.45. The summed E-state index contributed by atoms with van der Waals surface area (Å²) < 4.78 is 5.83. The van der Waals surface area contributed by atoms with Crippen molar-refractivity contribution in [2.45, 2.75) is 45.1 Å². The summed E-state index contributed by atoms with van der Waals surface area (Å²) in [6.45, 7) is 2.95. The molecule has 1 aromatic heterocycles. The third-order valence-electron chi connectivity index (χ3n) is 3.85. The minimum atomic E-state index is 0.289. The third-order valence-corrected chi connectivity index (χ3v) is 3.85. The van der Waals surface area contributed by atoms with Gasteiger partial charge in [0, 0.05) is 6.04 Å². The molecule has 0 amide bonds. The SMILES string of the molecule is CNC(C)c1ccc(OCC2CCCCC2)cn1. The molecule has 0 saturated heterocycles. The van der Waals surface area contributed by atoms with Crippen molar-refractivity contribution in [3.8, 4) is 5.75 Å². The highest BCUT2D eigenvalue weighted by atomic mass is 16.5. The molecule has 1 N–H and O–H groups in total. The van der Waals surface area contributed by atoms with E-state index in [1.807, 2.05) is 25.4 Å². The fourth-order valence-corrected chi connectivity index (χ4v) is 2.45. The van der Waals surface area contributed by atoms with E-state index in [4.69, 9.17) is 4.74 Å². The number of hydrogen-bond acceptors (Lipinski definition) is 3. The van der Waals surface area contributed by atoms with Crippen LogP contribution in [0.25, 0.3) is 0 Å². The number of pyridine rings is 1. The first-order valence-corrected chi connectivity index (χ1v) is 7.05. The molecule has 0 aliphatic heterocycles. The van der Waals surface area contributed by atoms with Crippen LogP contribution in [0.3, 0.4) is 0 Å². The number of aromatic nitrogens is 1. The van der Waals surface area contributed by atoms with E-state index in [-0.39, 0.29) is 6.04 Å². The molecule has 3 heteroatoms. The lowest BCUT2D eigenvalue weighted by molar-refractivity contribution is 0.208. The number of ether oxygens (including phenoxy) is 1. The predicted molar refractivity (Wildman–Crippen MR) is 73.8 cm³/mol. The maximum Gasteiger partial charge on any atom is 0.137 e. The van der Waals surface area contributed by atoms with Gasteiger partial charge in [-0.3, -0.25) is 4.98 Å². The standard InChI is InChI=1S/C15H24N2O/c1-12(16-2)15-9-8-14(10-17-15)18-11-13-6-4-3-5-7-13/h8-10,12-13,16H,3-7,11H2,1-2H3. The lowest BCUT2D eigenvalue weighted by Crippen LogP contribution is -2.16. The van der Waals surface area contributed by atoms with E-state index in [9.17, 15) is 0 Å². The molecule has 1 aliphatic rings. The number of hydrogen-bond donors (Lipinski definition) is 1. The highest BCUT2D eigenvalue weighted by Crippen LogP contribution is 2.24. The van der Waals surface area contributed by atoms with E-state index in [0.717, 1.165) is 24.0 Å². The molecule has 2 rings (SSSR count). The van der Waals surface area contributed by atoms with Gasteiger partial charge in [0.05, 0.1) is 18.5 Å². The Morgan fingerprint density at radius 2 is 2.11 bits per heavy atom. The molecule has 18 heavy (non-hydrogen) atoms. The molecule has 1 aromatic rings. The van der Waals surface area contributed by atoms with Crippen molar-refractivity contribution in [3.63, 3.8) is 0 Å². The summed E-state index contributed by atoms with van der Waals surface area (Å²) in [5.41, 5.74) is 1.06. The summed E-state index contributed by atoms with van der Waals surface area (Å²) in [6, 6.07) is 4.36. The zero-order chi connectivity index (χ0) is 12.8. The van der Waals surface area contributed by atoms with Gasteiger partial charge in [-0.15, -0.1) is 0 Å². The molecule has 1 atom stereocenters. The van der Waals surface area contributed by atoms with Gasteiger partial charge in [-0.2, -0.15) is 0 Å². The lowest BCUT2D eigenvalue weighted by Gasteiger charge is -2.21. The summed E-state index contributed by atoms with van der Waals surface area (Å²) in [5, 5.41) is 3.18. The van der Waals surface area contributed by atoms with E-state index >= 15 is 0 Å². The van der Waals surface area contributed by atoms with Gasteiger partial charge in [0.25, 0.3) is 0 Å². The van der Waals surface area contributed by atoms with Gasteiger partial charge in [0.2, 0.25) is 0 Å². The molecule has 1 fully saturated rings. The van der Waals surface area contributed by atoms with Crippen molar-refractivity contribution < 1.29 is 4.74 Å². The molecule has 0 spiro atoms. The van der Waals surface area contributed by atoms with Gasteiger partial charge < -0.3 is 10.1 Å². The van der Waals surface area contributed by atoms with Gasteiger partial charge in [0.15, 0.2) is 0 Å². The minimum Gasteiger partial charge on any atom is -0.492 e. The molecule has 0 radical (unpaired) electrons. The molecule has 1 unspecified atom stereocenters. The van der Waals surface area contributed by atoms with E-state index in [1.165, 1.54) is 32.1 Å².